The summed E-state index contributed by atoms with van der Waals surface area (Å²) < 4.78 is 114. The third-order valence-corrected chi connectivity index (χ3v) is 8.10. The van der Waals surface area contributed by atoms with Gasteiger partial charge in [-0.25, -0.2) is 21.9 Å². The number of carbonyl (C=O) groups is 2. The molecule has 4 atom stereocenters. The fourth-order valence-corrected chi connectivity index (χ4v) is 6.21. The van der Waals surface area contributed by atoms with E-state index < -0.39 is 75.2 Å². The minimum absolute atomic E-state index is 0.0559. The molecule has 2 aromatic heterocycles. The normalized spacial score (nSPS) is 20.9. The molecule has 0 saturated carbocycles. The number of fused-ring (bicyclic) bond motifs is 3. The summed E-state index contributed by atoms with van der Waals surface area (Å²) in [7, 11) is -2.56. The van der Waals surface area contributed by atoms with Crippen molar-refractivity contribution in [1.82, 2.24) is 19.6 Å². The van der Waals surface area contributed by atoms with E-state index in [4.69, 9.17) is 24.4 Å². The maximum atomic E-state index is 13.5. The van der Waals surface area contributed by atoms with E-state index in [1.165, 1.54) is 20.4 Å². The Balaban J connectivity index is 0.000000293. The van der Waals surface area contributed by atoms with E-state index in [9.17, 15) is 40.0 Å². The van der Waals surface area contributed by atoms with Gasteiger partial charge in [0, 0.05) is 0 Å². The van der Waals surface area contributed by atoms with E-state index in [1.807, 2.05) is 0 Å². The molecule has 1 aromatic carbocycles. The third-order valence-electron chi connectivity index (χ3n) is 6.69. The number of carboxylic acid groups (broad SMARTS) is 2. The summed E-state index contributed by atoms with van der Waals surface area (Å²) in [5, 5.41) is 21.4. The Hall–Kier alpha value is -4.53. The topological polar surface area (TPSA) is 201 Å². The van der Waals surface area contributed by atoms with Crippen LogP contribution in [0, 0.1) is 11.8 Å². The van der Waals surface area contributed by atoms with Gasteiger partial charge >= 0.3 is 24.1 Å². The van der Waals surface area contributed by atoms with Crippen molar-refractivity contribution in [3.63, 3.8) is 0 Å². The number of ether oxygens (including phenoxy) is 4. The van der Waals surface area contributed by atoms with Crippen LogP contribution < -0.4 is 18.9 Å². The number of carboxylic acids is 2. The first-order valence-electron chi connectivity index (χ1n) is 12.7. The maximum Gasteiger partial charge on any atom is 0.417 e. The maximum absolute atomic E-state index is 13.5. The van der Waals surface area contributed by atoms with Crippen LogP contribution in [0.15, 0.2) is 29.3 Å². The Morgan fingerprint density at radius 3 is 2.22 bits per heavy atom. The molecule has 3 N–H and O–H groups in total. The number of hydrogen-bond donors (Lipinski definition) is 3. The summed E-state index contributed by atoms with van der Waals surface area (Å²) in [6, 6.07) is 1.99. The summed E-state index contributed by atoms with van der Waals surface area (Å²) in [4.78, 5) is 27.9. The molecule has 2 saturated heterocycles. The van der Waals surface area contributed by atoms with E-state index >= 15 is 0 Å². The van der Waals surface area contributed by atoms with Gasteiger partial charge in [-0.3, -0.25) is 9.59 Å². The number of nitrogens with one attached hydrogen (secondary N) is 1. The smallest absolute Gasteiger partial charge is 0.417 e. The highest BCUT2D eigenvalue weighted by Gasteiger charge is 2.55. The second kappa shape index (κ2) is 12.8. The van der Waals surface area contributed by atoms with Crippen LogP contribution in [0.2, 0.25) is 0 Å². The molecule has 2 unspecified atom stereocenters. The second-order valence-corrected chi connectivity index (χ2v) is 11.1. The molecule has 0 amide bonds. The number of benzene rings is 1. The highest BCUT2D eigenvalue weighted by atomic mass is 32.2. The average Bonchev–Trinajstić information content (AvgIpc) is 3.70. The van der Waals surface area contributed by atoms with Gasteiger partial charge in [-0.2, -0.15) is 27.7 Å². The minimum Gasteiger partial charge on any atom is -0.491 e. The molecule has 15 nitrogen and oxygen atoms in total. The van der Waals surface area contributed by atoms with Crippen LogP contribution >= 0.6 is 0 Å². The Morgan fingerprint density at radius 1 is 1.09 bits per heavy atom. The minimum atomic E-state index is -5.14. The second-order valence-electron chi connectivity index (χ2n) is 9.44. The third kappa shape index (κ3) is 6.92. The Labute approximate surface area is 249 Å². The molecule has 2 aliphatic heterocycles. The van der Waals surface area contributed by atoms with Crippen LogP contribution in [0.3, 0.4) is 0 Å². The van der Waals surface area contributed by atoms with Gasteiger partial charge < -0.3 is 29.2 Å². The van der Waals surface area contributed by atoms with Gasteiger partial charge in [0.2, 0.25) is 5.65 Å². The lowest BCUT2D eigenvalue weighted by atomic mass is 9.79. The molecule has 246 valence electrons. The zero-order valence-electron chi connectivity index (χ0n) is 23.1. The van der Waals surface area contributed by atoms with Crippen LogP contribution in [0.25, 0.3) is 5.65 Å². The molecule has 2 bridgehead atoms. The number of nitrogens with zero attached hydrogens (tertiary/aromatic N) is 4. The zero-order valence-corrected chi connectivity index (χ0v) is 23.9. The number of sulfonamides is 1. The first-order chi connectivity index (χ1) is 21.1. The predicted octanol–water partition coefficient (Wildman–Crippen LogP) is 2.55. The Kier molecular flexibility index (Phi) is 9.51. The molecule has 45 heavy (non-hydrogen) atoms. The van der Waals surface area contributed by atoms with Crippen molar-refractivity contribution >= 4 is 33.6 Å². The summed E-state index contributed by atoms with van der Waals surface area (Å²) >= 11 is 0. The van der Waals surface area contributed by atoms with Crippen molar-refractivity contribution in [2.75, 3.05) is 25.5 Å². The van der Waals surface area contributed by atoms with Crippen molar-refractivity contribution in [2.45, 2.75) is 42.5 Å². The van der Waals surface area contributed by atoms with Gasteiger partial charge in [-0.15, -0.1) is 5.10 Å². The number of aliphatic carboxylic acids is 2. The number of anilines is 1. The molecule has 0 aliphatic carbocycles. The highest BCUT2D eigenvalue weighted by Crippen LogP contribution is 2.43. The van der Waals surface area contributed by atoms with Gasteiger partial charge in [0.15, 0.2) is 5.75 Å². The van der Waals surface area contributed by atoms with Crippen LogP contribution in [0.4, 0.5) is 27.9 Å². The molecular formula is C24H24F5N5O10S. The number of aromatic nitrogens is 4. The number of alkyl halides is 5. The summed E-state index contributed by atoms with van der Waals surface area (Å²) in [6.07, 6.45) is -6.42. The number of methoxy groups -OCH3 is 2. The summed E-state index contributed by atoms with van der Waals surface area (Å²) in [5.74, 6) is -5.34. The molecule has 0 radical (unpaired) electrons. The lowest BCUT2D eigenvalue weighted by Gasteiger charge is -2.20. The van der Waals surface area contributed by atoms with Gasteiger partial charge in [0.05, 0.1) is 50.0 Å². The summed E-state index contributed by atoms with van der Waals surface area (Å²) in [5.41, 5.74) is -1.69. The van der Waals surface area contributed by atoms with Crippen molar-refractivity contribution in [2.24, 2.45) is 11.8 Å². The largest absolute Gasteiger partial charge is 0.491 e. The highest BCUT2D eigenvalue weighted by molar-refractivity contribution is 7.92. The Bertz CT molecular complexity index is 1620. The SMILES string of the molecule is COc1cnc(OC)n2nc(NS(=O)(=O)c3c(OCC(F)F)cccc3C(F)(F)F)nc12.O=C(O)C1C(C(=O)O)[C@H]2CC[C@@H]1O2. The van der Waals surface area contributed by atoms with Crippen LogP contribution in [-0.4, -0.2) is 89.6 Å². The van der Waals surface area contributed by atoms with Crippen molar-refractivity contribution in [3.05, 3.63) is 30.0 Å². The van der Waals surface area contributed by atoms with Gasteiger partial charge in [0.25, 0.3) is 22.4 Å². The lowest BCUT2D eigenvalue weighted by molar-refractivity contribution is -0.154. The van der Waals surface area contributed by atoms with Gasteiger partial charge in [0.1, 0.15) is 17.3 Å². The zero-order chi connectivity index (χ0) is 33.3. The van der Waals surface area contributed by atoms with Crippen molar-refractivity contribution in [1.29, 1.82) is 0 Å². The monoisotopic (exact) mass is 669 g/mol. The first kappa shape index (κ1) is 33.4. The standard InChI is InChI=1S/C16H14F5N5O5S.C8H10O5/c1-29-10-6-22-15(30-2)26-13(10)23-14(24-26)25-32(27,28)12-8(16(19,20)21)4-3-5-9(12)31-7-11(17)18;9-7(10)5-3-1-2-4(13-3)6(5)8(11)12/h3-6,11H,7H2,1-2H3,(H,24,25);3-6H,1-2H2,(H,9,10)(H,11,12)/t;3-,4+,5?,6?. The lowest BCUT2D eigenvalue weighted by Crippen LogP contribution is -2.38. The fraction of sp³-hybridized carbons (Fsp3) is 0.458. The van der Waals surface area contributed by atoms with E-state index in [0.717, 1.165) is 16.6 Å². The molecule has 21 heteroatoms. The quantitative estimate of drug-likeness (QED) is 0.266. The van der Waals surface area contributed by atoms with Crippen LogP contribution in [-0.2, 0) is 30.5 Å². The molecular weight excluding hydrogens is 645 g/mol. The molecule has 2 aliphatic rings. The Morgan fingerprint density at radius 2 is 1.71 bits per heavy atom. The molecule has 4 heterocycles. The van der Waals surface area contributed by atoms with Gasteiger partial charge in [-0.05, 0) is 25.0 Å². The van der Waals surface area contributed by atoms with Crippen molar-refractivity contribution in [3.8, 4) is 17.5 Å². The molecule has 2 fully saturated rings. The van der Waals surface area contributed by atoms with E-state index in [2.05, 4.69) is 19.8 Å². The van der Waals surface area contributed by atoms with E-state index in [1.54, 1.807) is 4.72 Å². The van der Waals surface area contributed by atoms with E-state index in [-0.39, 0.29) is 29.6 Å². The summed E-state index contributed by atoms with van der Waals surface area (Å²) in [6.45, 7) is -1.32. The number of halogens is 5. The van der Waals surface area contributed by atoms with Crippen molar-refractivity contribution < 1.29 is 69.1 Å². The van der Waals surface area contributed by atoms with Gasteiger partial charge in [-0.1, -0.05) is 6.07 Å². The molecule has 5 rings (SSSR count). The average molecular weight is 670 g/mol. The molecule has 0 spiro atoms. The first-order valence-corrected chi connectivity index (χ1v) is 14.2. The van der Waals surface area contributed by atoms with Crippen LogP contribution in [0.5, 0.6) is 17.5 Å². The predicted molar refractivity (Wildman–Crippen MR) is 138 cm³/mol. The number of rotatable bonds is 10. The molecule has 3 aromatic rings. The van der Waals surface area contributed by atoms with Crippen LogP contribution in [0.1, 0.15) is 18.4 Å². The fourth-order valence-electron chi connectivity index (χ4n) is 4.92. The number of hydrogen-bond acceptors (Lipinski definition) is 11. The van der Waals surface area contributed by atoms with E-state index in [0.29, 0.717) is 18.9 Å².